The maximum Gasteiger partial charge on any atom is 0.224 e. The third-order valence-corrected chi connectivity index (χ3v) is 4.35. The molecular weight excluding hydrogens is 378 g/mol. The number of aryl methyl sites for hydroxylation is 1. The lowest BCUT2D eigenvalue weighted by atomic mass is 10.2. The van der Waals surface area contributed by atoms with Crippen molar-refractivity contribution in [2.24, 2.45) is 0 Å². The smallest absolute Gasteiger partial charge is 0.224 e. The number of rotatable bonds is 10. The SMILES string of the molecule is CCOc1ccc(Oc2ccc(NC(=O)CCCOc3ccc(C)cc3)cc2)cc1. The zero-order valence-corrected chi connectivity index (χ0v) is 17.4. The van der Waals surface area contributed by atoms with E-state index in [0.717, 1.165) is 22.9 Å². The summed E-state index contributed by atoms with van der Waals surface area (Å²) in [6.45, 7) is 5.12. The monoisotopic (exact) mass is 405 g/mol. The molecule has 0 unspecified atom stereocenters. The minimum atomic E-state index is -0.0392. The molecule has 0 aliphatic rings. The quantitative estimate of drug-likeness (QED) is 0.421. The minimum absolute atomic E-state index is 0.0392. The average Bonchev–Trinajstić information content (AvgIpc) is 2.75. The van der Waals surface area contributed by atoms with E-state index in [9.17, 15) is 4.79 Å². The fourth-order valence-corrected chi connectivity index (χ4v) is 2.79. The van der Waals surface area contributed by atoms with Crippen molar-refractivity contribution in [1.29, 1.82) is 0 Å². The molecule has 0 aliphatic carbocycles. The summed E-state index contributed by atoms with van der Waals surface area (Å²) < 4.78 is 16.9. The van der Waals surface area contributed by atoms with Crippen LogP contribution in [0.2, 0.25) is 0 Å². The highest BCUT2D eigenvalue weighted by molar-refractivity contribution is 5.90. The van der Waals surface area contributed by atoms with Crippen LogP contribution >= 0.6 is 0 Å². The first kappa shape index (κ1) is 21.2. The number of ether oxygens (including phenoxy) is 3. The van der Waals surface area contributed by atoms with Gasteiger partial charge in [0.25, 0.3) is 0 Å². The number of hydrogen-bond acceptors (Lipinski definition) is 4. The fourth-order valence-electron chi connectivity index (χ4n) is 2.79. The van der Waals surface area contributed by atoms with Crippen molar-refractivity contribution >= 4 is 11.6 Å². The first-order valence-electron chi connectivity index (χ1n) is 10.1. The summed E-state index contributed by atoms with van der Waals surface area (Å²) in [6.07, 6.45) is 1.05. The van der Waals surface area contributed by atoms with Crippen molar-refractivity contribution in [3.05, 3.63) is 78.4 Å². The molecule has 0 aromatic heterocycles. The highest BCUT2D eigenvalue weighted by atomic mass is 16.5. The van der Waals surface area contributed by atoms with Crippen LogP contribution in [0.4, 0.5) is 5.69 Å². The first-order chi connectivity index (χ1) is 14.6. The zero-order chi connectivity index (χ0) is 21.2. The number of hydrogen-bond donors (Lipinski definition) is 1. The fraction of sp³-hybridized carbons (Fsp3) is 0.240. The lowest BCUT2D eigenvalue weighted by Crippen LogP contribution is -2.12. The molecule has 30 heavy (non-hydrogen) atoms. The van der Waals surface area contributed by atoms with E-state index in [1.54, 1.807) is 0 Å². The lowest BCUT2D eigenvalue weighted by molar-refractivity contribution is -0.116. The molecule has 0 aliphatic heterocycles. The molecule has 0 heterocycles. The van der Waals surface area contributed by atoms with E-state index in [1.807, 2.05) is 86.6 Å². The highest BCUT2D eigenvalue weighted by Gasteiger charge is 2.04. The molecule has 3 aromatic rings. The van der Waals surface area contributed by atoms with E-state index in [0.29, 0.717) is 31.8 Å². The molecule has 0 atom stereocenters. The van der Waals surface area contributed by atoms with Gasteiger partial charge in [0.05, 0.1) is 13.2 Å². The molecule has 0 bridgehead atoms. The Balaban J connectivity index is 1.39. The van der Waals surface area contributed by atoms with Gasteiger partial charge >= 0.3 is 0 Å². The Labute approximate surface area is 177 Å². The topological polar surface area (TPSA) is 56.8 Å². The van der Waals surface area contributed by atoms with Crippen LogP contribution in [0.15, 0.2) is 72.8 Å². The number of carbonyl (C=O) groups is 1. The van der Waals surface area contributed by atoms with Gasteiger partial charge in [0.1, 0.15) is 23.0 Å². The van der Waals surface area contributed by atoms with Gasteiger partial charge in [-0.15, -0.1) is 0 Å². The van der Waals surface area contributed by atoms with Gasteiger partial charge in [0.15, 0.2) is 0 Å². The summed E-state index contributed by atoms with van der Waals surface area (Å²) in [5, 5.41) is 2.89. The molecule has 1 N–H and O–H groups in total. The van der Waals surface area contributed by atoms with Gasteiger partial charge < -0.3 is 19.5 Å². The molecule has 5 heteroatoms. The van der Waals surface area contributed by atoms with Crippen LogP contribution in [-0.4, -0.2) is 19.1 Å². The Bertz CT molecular complexity index is 919. The summed E-state index contributed by atoms with van der Waals surface area (Å²) in [7, 11) is 0. The van der Waals surface area contributed by atoms with E-state index in [1.165, 1.54) is 5.56 Å². The van der Waals surface area contributed by atoms with Crippen LogP contribution in [0.5, 0.6) is 23.0 Å². The summed E-state index contributed by atoms with van der Waals surface area (Å²) in [5.41, 5.74) is 1.93. The second-order valence-corrected chi connectivity index (χ2v) is 6.84. The van der Waals surface area contributed by atoms with Crippen molar-refractivity contribution < 1.29 is 19.0 Å². The summed E-state index contributed by atoms with van der Waals surface area (Å²) in [6, 6.07) is 22.6. The third kappa shape index (κ3) is 6.85. The first-order valence-corrected chi connectivity index (χ1v) is 10.1. The van der Waals surface area contributed by atoms with Crippen molar-refractivity contribution in [2.75, 3.05) is 18.5 Å². The summed E-state index contributed by atoms with van der Waals surface area (Å²) >= 11 is 0. The van der Waals surface area contributed by atoms with E-state index in [2.05, 4.69) is 5.32 Å². The zero-order valence-electron chi connectivity index (χ0n) is 17.4. The second kappa shape index (κ2) is 10.9. The predicted octanol–water partition coefficient (Wildman–Crippen LogP) is 5.98. The average molecular weight is 405 g/mol. The van der Waals surface area contributed by atoms with Crippen LogP contribution in [0.3, 0.4) is 0 Å². The van der Waals surface area contributed by atoms with Gasteiger partial charge in [-0.1, -0.05) is 17.7 Å². The van der Waals surface area contributed by atoms with Crippen molar-refractivity contribution in [2.45, 2.75) is 26.7 Å². The van der Waals surface area contributed by atoms with Gasteiger partial charge in [-0.05, 0) is 80.9 Å². The molecule has 156 valence electrons. The normalized spacial score (nSPS) is 10.3. The third-order valence-electron chi connectivity index (χ3n) is 4.35. The van der Waals surface area contributed by atoms with E-state index in [4.69, 9.17) is 14.2 Å². The Kier molecular flexibility index (Phi) is 7.72. The molecule has 0 saturated heterocycles. The molecule has 5 nitrogen and oxygen atoms in total. The maximum atomic E-state index is 12.1. The summed E-state index contributed by atoms with van der Waals surface area (Å²) in [5.74, 6) is 3.02. The van der Waals surface area contributed by atoms with Crippen molar-refractivity contribution in [1.82, 2.24) is 0 Å². The van der Waals surface area contributed by atoms with Crippen LogP contribution in [0.25, 0.3) is 0 Å². The molecule has 0 saturated carbocycles. The molecule has 3 rings (SSSR count). The van der Waals surface area contributed by atoms with Gasteiger partial charge in [-0.3, -0.25) is 4.79 Å². The standard InChI is InChI=1S/C25H27NO4/c1-3-28-21-14-16-24(17-15-21)30-23-12-8-20(9-13-23)26-25(27)5-4-18-29-22-10-6-19(2)7-11-22/h6-17H,3-5,18H2,1-2H3,(H,26,27). The van der Waals surface area contributed by atoms with Crippen LogP contribution in [-0.2, 0) is 4.79 Å². The van der Waals surface area contributed by atoms with E-state index >= 15 is 0 Å². The Hall–Kier alpha value is -3.47. The largest absolute Gasteiger partial charge is 0.494 e. The molecule has 0 spiro atoms. The Morgan fingerprint density at radius 1 is 0.767 bits per heavy atom. The summed E-state index contributed by atoms with van der Waals surface area (Å²) in [4.78, 5) is 12.1. The van der Waals surface area contributed by atoms with Crippen LogP contribution in [0.1, 0.15) is 25.3 Å². The van der Waals surface area contributed by atoms with Gasteiger partial charge in [-0.2, -0.15) is 0 Å². The number of amides is 1. The number of anilines is 1. The number of nitrogens with one attached hydrogen (secondary N) is 1. The van der Waals surface area contributed by atoms with Crippen molar-refractivity contribution in [3.8, 4) is 23.0 Å². The minimum Gasteiger partial charge on any atom is -0.494 e. The van der Waals surface area contributed by atoms with E-state index in [-0.39, 0.29) is 5.91 Å². The maximum absolute atomic E-state index is 12.1. The molecule has 0 radical (unpaired) electrons. The molecule has 3 aromatic carbocycles. The molecule has 1 amide bonds. The predicted molar refractivity (Wildman–Crippen MR) is 119 cm³/mol. The number of benzene rings is 3. The van der Waals surface area contributed by atoms with Gasteiger partial charge in [0, 0.05) is 12.1 Å². The highest BCUT2D eigenvalue weighted by Crippen LogP contribution is 2.25. The lowest BCUT2D eigenvalue weighted by Gasteiger charge is -2.09. The second-order valence-electron chi connectivity index (χ2n) is 6.84. The molecular formula is C25H27NO4. The van der Waals surface area contributed by atoms with Crippen molar-refractivity contribution in [3.63, 3.8) is 0 Å². The molecule has 0 fully saturated rings. The number of carbonyl (C=O) groups excluding carboxylic acids is 1. The van der Waals surface area contributed by atoms with E-state index < -0.39 is 0 Å². The van der Waals surface area contributed by atoms with Crippen LogP contribution in [0, 0.1) is 6.92 Å². The van der Waals surface area contributed by atoms with Gasteiger partial charge in [-0.25, -0.2) is 0 Å². The Morgan fingerprint density at radius 3 is 1.93 bits per heavy atom. The Morgan fingerprint density at radius 2 is 1.30 bits per heavy atom. The van der Waals surface area contributed by atoms with Crippen LogP contribution < -0.4 is 19.5 Å². The van der Waals surface area contributed by atoms with Gasteiger partial charge in [0.2, 0.25) is 5.91 Å².